The van der Waals surface area contributed by atoms with Gasteiger partial charge in [-0.2, -0.15) is 0 Å². The molecule has 0 saturated heterocycles. The number of fused-ring (bicyclic) bond motifs is 1. The highest BCUT2D eigenvalue weighted by atomic mass is 15.2. The van der Waals surface area contributed by atoms with E-state index in [2.05, 4.69) is 49.1 Å². The lowest BCUT2D eigenvalue weighted by Crippen LogP contribution is -2.18. The van der Waals surface area contributed by atoms with Crippen molar-refractivity contribution in [2.24, 2.45) is 0 Å². The summed E-state index contributed by atoms with van der Waals surface area (Å²) in [5.74, 6) is 0. The van der Waals surface area contributed by atoms with E-state index in [9.17, 15) is 0 Å². The lowest BCUT2D eigenvalue weighted by atomic mass is 10.0. The van der Waals surface area contributed by atoms with Gasteiger partial charge >= 0.3 is 0 Å². The Hall–Kier alpha value is -1.96. The zero-order valence-electron chi connectivity index (χ0n) is 12.3. The maximum absolute atomic E-state index is 6.13. The van der Waals surface area contributed by atoms with Crippen LogP contribution in [0.3, 0.4) is 0 Å². The zero-order chi connectivity index (χ0) is 14.1. The van der Waals surface area contributed by atoms with Gasteiger partial charge in [0.15, 0.2) is 0 Å². The molecular formula is C18H22N2. The summed E-state index contributed by atoms with van der Waals surface area (Å²) in [6.07, 6.45) is 2.15. The molecule has 1 aliphatic rings. The van der Waals surface area contributed by atoms with Gasteiger partial charge in [-0.05, 0) is 41.2 Å². The molecule has 104 valence electrons. The molecule has 2 N–H and O–H groups in total. The second kappa shape index (κ2) is 5.20. The Morgan fingerprint density at radius 1 is 0.950 bits per heavy atom. The fourth-order valence-corrected chi connectivity index (χ4v) is 3.23. The molecule has 0 bridgehead atoms. The van der Waals surface area contributed by atoms with Crippen LogP contribution in [0.25, 0.3) is 0 Å². The molecule has 0 amide bonds. The molecule has 1 aliphatic heterocycles. The quantitative estimate of drug-likeness (QED) is 0.853. The van der Waals surface area contributed by atoms with Crippen LogP contribution in [0.1, 0.15) is 36.1 Å². The van der Waals surface area contributed by atoms with Crippen molar-refractivity contribution >= 4 is 11.4 Å². The molecule has 0 fully saturated rings. The number of benzene rings is 2. The summed E-state index contributed by atoms with van der Waals surface area (Å²) in [6.45, 7) is 6.38. The van der Waals surface area contributed by atoms with Gasteiger partial charge in [0.2, 0.25) is 0 Å². The minimum Gasteiger partial charge on any atom is -0.398 e. The third-order valence-corrected chi connectivity index (χ3v) is 4.30. The van der Waals surface area contributed by atoms with E-state index in [1.165, 1.54) is 27.9 Å². The Labute approximate surface area is 121 Å². The zero-order valence-corrected chi connectivity index (χ0v) is 12.3. The average Bonchev–Trinajstić information content (AvgIpc) is 2.91. The summed E-state index contributed by atoms with van der Waals surface area (Å²) in [6, 6.07) is 12.9. The SMILES string of the molecule is CCc1cccc(CC)c1N1Cc2cccc(N)c2C1. The number of nitrogens with two attached hydrogens (primary N) is 1. The van der Waals surface area contributed by atoms with Crippen molar-refractivity contribution in [1.29, 1.82) is 0 Å². The lowest BCUT2D eigenvalue weighted by molar-refractivity contribution is 0.855. The van der Waals surface area contributed by atoms with Gasteiger partial charge in [0.1, 0.15) is 0 Å². The van der Waals surface area contributed by atoms with Crippen molar-refractivity contribution in [1.82, 2.24) is 0 Å². The number of para-hydroxylation sites is 1. The van der Waals surface area contributed by atoms with Crippen LogP contribution in [0.15, 0.2) is 36.4 Å². The first kappa shape index (κ1) is 13.0. The molecule has 2 aromatic carbocycles. The Morgan fingerprint density at radius 3 is 2.20 bits per heavy atom. The van der Waals surface area contributed by atoms with E-state index in [-0.39, 0.29) is 0 Å². The molecule has 1 heterocycles. The van der Waals surface area contributed by atoms with Gasteiger partial charge in [0.05, 0.1) is 0 Å². The highest BCUT2D eigenvalue weighted by Crippen LogP contribution is 2.35. The Kier molecular flexibility index (Phi) is 3.39. The van der Waals surface area contributed by atoms with Crippen molar-refractivity contribution in [2.75, 3.05) is 10.6 Å². The molecule has 0 unspecified atom stereocenters. The Morgan fingerprint density at radius 2 is 1.60 bits per heavy atom. The molecule has 2 heteroatoms. The van der Waals surface area contributed by atoms with E-state index in [0.717, 1.165) is 31.6 Å². The molecule has 2 nitrogen and oxygen atoms in total. The number of rotatable bonds is 3. The monoisotopic (exact) mass is 266 g/mol. The van der Waals surface area contributed by atoms with Crippen LogP contribution in [0, 0.1) is 0 Å². The predicted molar refractivity (Wildman–Crippen MR) is 85.9 cm³/mol. The van der Waals surface area contributed by atoms with Crippen molar-refractivity contribution in [3.8, 4) is 0 Å². The highest BCUT2D eigenvalue weighted by Gasteiger charge is 2.23. The summed E-state index contributed by atoms with van der Waals surface area (Å²) >= 11 is 0. The Bertz CT molecular complexity index is 609. The predicted octanol–water partition coefficient (Wildman–Crippen LogP) is 3.91. The van der Waals surface area contributed by atoms with E-state index >= 15 is 0 Å². The van der Waals surface area contributed by atoms with Gasteiger partial charge in [-0.1, -0.05) is 44.2 Å². The molecule has 3 rings (SSSR count). The molecule has 2 aromatic rings. The highest BCUT2D eigenvalue weighted by molar-refractivity contribution is 5.65. The normalized spacial score (nSPS) is 13.6. The molecule has 20 heavy (non-hydrogen) atoms. The van der Waals surface area contributed by atoms with Gasteiger partial charge < -0.3 is 10.6 Å². The van der Waals surface area contributed by atoms with Crippen LogP contribution in [0.4, 0.5) is 11.4 Å². The van der Waals surface area contributed by atoms with Crippen LogP contribution in [0.5, 0.6) is 0 Å². The van der Waals surface area contributed by atoms with Crippen molar-refractivity contribution < 1.29 is 0 Å². The summed E-state index contributed by atoms with van der Waals surface area (Å²) in [5.41, 5.74) is 14.0. The van der Waals surface area contributed by atoms with Crippen molar-refractivity contribution in [3.05, 3.63) is 58.7 Å². The van der Waals surface area contributed by atoms with Gasteiger partial charge in [-0.25, -0.2) is 0 Å². The van der Waals surface area contributed by atoms with Crippen LogP contribution >= 0.6 is 0 Å². The van der Waals surface area contributed by atoms with Gasteiger partial charge in [0.25, 0.3) is 0 Å². The maximum atomic E-state index is 6.13. The van der Waals surface area contributed by atoms with E-state index < -0.39 is 0 Å². The first-order chi connectivity index (χ1) is 9.74. The summed E-state index contributed by atoms with van der Waals surface area (Å²) in [4.78, 5) is 2.48. The fraction of sp³-hybridized carbons (Fsp3) is 0.333. The number of nitrogens with zero attached hydrogens (tertiary/aromatic N) is 1. The standard InChI is InChI=1S/C18H22N2/c1-3-13-7-5-8-14(4-2)18(13)20-11-15-9-6-10-17(19)16(15)12-20/h5-10H,3-4,11-12,19H2,1-2H3. The van der Waals surface area contributed by atoms with E-state index in [4.69, 9.17) is 5.73 Å². The van der Waals surface area contributed by atoms with Crippen LogP contribution < -0.4 is 10.6 Å². The Balaban J connectivity index is 2.03. The lowest BCUT2D eigenvalue weighted by Gasteiger charge is -2.24. The first-order valence-electron chi connectivity index (χ1n) is 7.46. The number of aryl methyl sites for hydroxylation is 2. The molecule has 0 aliphatic carbocycles. The minimum atomic E-state index is 0.928. The number of hydrogen-bond donors (Lipinski definition) is 1. The third kappa shape index (κ3) is 2.05. The molecule has 0 radical (unpaired) electrons. The smallest absolute Gasteiger partial charge is 0.0457 e. The average molecular weight is 266 g/mol. The molecule has 0 atom stereocenters. The topological polar surface area (TPSA) is 29.3 Å². The van der Waals surface area contributed by atoms with E-state index in [1.54, 1.807) is 0 Å². The summed E-state index contributed by atoms with van der Waals surface area (Å²) in [5, 5.41) is 0. The number of nitrogen functional groups attached to an aromatic ring is 1. The van der Waals surface area contributed by atoms with Gasteiger partial charge in [0, 0.05) is 24.5 Å². The van der Waals surface area contributed by atoms with Crippen LogP contribution in [0.2, 0.25) is 0 Å². The van der Waals surface area contributed by atoms with Crippen molar-refractivity contribution in [2.45, 2.75) is 39.8 Å². The minimum absolute atomic E-state index is 0.928. The second-order valence-electron chi connectivity index (χ2n) is 5.47. The largest absolute Gasteiger partial charge is 0.398 e. The molecule has 0 saturated carbocycles. The first-order valence-corrected chi connectivity index (χ1v) is 7.46. The van der Waals surface area contributed by atoms with Crippen molar-refractivity contribution in [3.63, 3.8) is 0 Å². The van der Waals surface area contributed by atoms with E-state index in [0.29, 0.717) is 0 Å². The second-order valence-corrected chi connectivity index (χ2v) is 5.47. The number of anilines is 2. The van der Waals surface area contributed by atoms with Crippen LogP contribution in [-0.4, -0.2) is 0 Å². The van der Waals surface area contributed by atoms with E-state index in [1.807, 2.05) is 6.07 Å². The number of hydrogen-bond acceptors (Lipinski definition) is 2. The summed E-state index contributed by atoms with van der Waals surface area (Å²) < 4.78 is 0. The molecule has 0 aromatic heterocycles. The van der Waals surface area contributed by atoms with Gasteiger partial charge in [-0.15, -0.1) is 0 Å². The fourth-order valence-electron chi connectivity index (χ4n) is 3.23. The third-order valence-electron chi connectivity index (χ3n) is 4.30. The molecular weight excluding hydrogens is 244 g/mol. The van der Waals surface area contributed by atoms with Crippen LogP contribution in [-0.2, 0) is 25.9 Å². The molecule has 0 spiro atoms. The maximum Gasteiger partial charge on any atom is 0.0457 e. The van der Waals surface area contributed by atoms with Gasteiger partial charge in [-0.3, -0.25) is 0 Å². The summed E-state index contributed by atoms with van der Waals surface area (Å²) in [7, 11) is 0.